The van der Waals surface area contributed by atoms with Gasteiger partial charge in [-0.25, -0.2) is 0 Å². The molecule has 0 saturated carbocycles. The molecule has 17 heavy (non-hydrogen) atoms. The van der Waals surface area contributed by atoms with E-state index in [1.165, 1.54) is 0 Å². The zero-order chi connectivity index (χ0) is 14.5. The van der Waals surface area contributed by atoms with Crippen LogP contribution in [0, 0.1) is 5.41 Å². The van der Waals surface area contributed by atoms with Crippen LogP contribution in [0.1, 0.15) is 27.7 Å². The predicted octanol–water partition coefficient (Wildman–Crippen LogP) is 0.793. The van der Waals surface area contributed by atoms with E-state index >= 15 is 0 Å². The van der Waals surface area contributed by atoms with Crippen LogP contribution in [-0.2, 0) is 18.8 Å². The molecule has 6 nitrogen and oxygen atoms in total. The van der Waals surface area contributed by atoms with Gasteiger partial charge in [-0.1, -0.05) is 20.8 Å². The summed E-state index contributed by atoms with van der Waals surface area (Å²) in [4.78, 5) is 2.05. The first-order valence-corrected chi connectivity index (χ1v) is 6.47. The van der Waals surface area contributed by atoms with Gasteiger partial charge in [-0.15, -0.1) is 0 Å². The molecule has 0 rings (SSSR count). The molecule has 0 aliphatic carbocycles. The Hall–Kier alpha value is -0.210. The Morgan fingerprint density at radius 1 is 1.00 bits per heavy atom. The highest BCUT2D eigenvalue weighted by molar-refractivity contribution is 7.81. The molecule has 0 aromatic carbocycles. The molecule has 0 aromatic heterocycles. The van der Waals surface area contributed by atoms with Crippen molar-refractivity contribution in [1.29, 1.82) is 0 Å². The molecule has 0 radical (unpaired) electrons. The minimum Gasteiger partial charge on any atom is -0.313 e. The Morgan fingerprint density at radius 3 is 1.29 bits per heavy atom. The van der Waals surface area contributed by atoms with Crippen molar-refractivity contribution in [1.82, 2.24) is 4.90 Å². The third-order valence-corrected chi connectivity index (χ3v) is 3.67. The van der Waals surface area contributed by atoms with Crippen molar-refractivity contribution in [3.63, 3.8) is 0 Å². The highest BCUT2D eigenvalue weighted by Gasteiger charge is 2.35. The van der Waals surface area contributed by atoms with Gasteiger partial charge < -0.3 is 5.73 Å². The summed E-state index contributed by atoms with van der Waals surface area (Å²) in [7, 11) is 2.41. The maximum Gasteiger partial charge on any atom is 0.399 e. The fourth-order valence-corrected chi connectivity index (χ4v) is 0.875. The Labute approximate surface area is 105 Å². The molecule has 0 heterocycles. The fraction of sp³-hybridized carbons (Fsp3) is 1.00. The summed E-state index contributed by atoms with van der Waals surface area (Å²) in [5.74, 6) is 0. The van der Waals surface area contributed by atoms with Crippen molar-refractivity contribution in [3.8, 4) is 0 Å². The third-order valence-electron chi connectivity index (χ3n) is 2.86. The van der Waals surface area contributed by atoms with Gasteiger partial charge in [0, 0.05) is 0 Å². The standard InChI is InChI=1S/C8H20N2.C2H6O4S/c1-7(2,3)8(4,9)10(5)6;1-5-7(3,4)6-2/h9H2,1-6H3;1-2H3. The molecule has 0 amide bonds. The Kier molecular flexibility index (Phi) is 7.49. The SMILES string of the molecule is CN(C)C(C)(N)C(C)(C)C.COS(=O)(=O)OC. The van der Waals surface area contributed by atoms with E-state index in [0.29, 0.717) is 0 Å². The van der Waals surface area contributed by atoms with Crippen LogP contribution < -0.4 is 5.73 Å². The number of nitrogens with zero attached hydrogens (tertiary/aromatic N) is 1. The normalized spacial score (nSPS) is 16.1. The predicted molar refractivity (Wildman–Crippen MR) is 68.7 cm³/mol. The molecule has 0 aromatic rings. The van der Waals surface area contributed by atoms with Gasteiger partial charge in [-0.3, -0.25) is 13.3 Å². The summed E-state index contributed by atoms with van der Waals surface area (Å²) in [6.45, 7) is 8.49. The van der Waals surface area contributed by atoms with Crippen molar-refractivity contribution in [2.45, 2.75) is 33.4 Å². The van der Waals surface area contributed by atoms with Crippen LogP contribution in [0.15, 0.2) is 0 Å². The van der Waals surface area contributed by atoms with E-state index in [4.69, 9.17) is 5.73 Å². The minimum absolute atomic E-state index is 0.122. The van der Waals surface area contributed by atoms with Gasteiger partial charge in [-0.2, -0.15) is 8.42 Å². The van der Waals surface area contributed by atoms with E-state index in [9.17, 15) is 8.42 Å². The first-order chi connectivity index (χ1) is 7.31. The summed E-state index contributed by atoms with van der Waals surface area (Å²) in [5, 5.41) is 0. The van der Waals surface area contributed by atoms with Gasteiger partial charge in [0.2, 0.25) is 0 Å². The van der Waals surface area contributed by atoms with Gasteiger partial charge in [0.15, 0.2) is 0 Å². The summed E-state index contributed by atoms with van der Waals surface area (Å²) < 4.78 is 27.5. The zero-order valence-electron chi connectivity index (χ0n) is 12.1. The van der Waals surface area contributed by atoms with Gasteiger partial charge in [0.1, 0.15) is 0 Å². The van der Waals surface area contributed by atoms with E-state index in [-0.39, 0.29) is 11.1 Å². The Bertz CT molecular complexity index is 295. The van der Waals surface area contributed by atoms with Crippen molar-refractivity contribution in [2.24, 2.45) is 11.1 Å². The average Bonchev–Trinajstić information content (AvgIpc) is 2.17. The van der Waals surface area contributed by atoms with E-state index in [2.05, 4.69) is 29.1 Å². The van der Waals surface area contributed by atoms with Gasteiger partial charge in [0.25, 0.3) is 0 Å². The minimum atomic E-state index is -3.66. The summed E-state index contributed by atoms with van der Waals surface area (Å²) in [5.41, 5.74) is 5.95. The largest absolute Gasteiger partial charge is 0.399 e. The maximum atomic E-state index is 9.92. The second kappa shape index (κ2) is 6.65. The van der Waals surface area contributed by atoms with Gasteiger partial charge >= 0.3 is 10.4 Å². The van der Waals surface area contributed by atoms with E-state index in [0.717, 1.165) is 14.2 Å². The van der Waals surface area contributed by atoms with Gasteiger partial charge in [0.05, 0.1) is 19.9 Å². The van der Waals surface area contributed by atoms with Crippen LogP contribution in [0.4, 0.5) is 0 Å². The number of nitrogens with two attached hydrogens (primary N) is 1. The molecule has 1 atom stereocenters. The number of hydrogen-bond donors (Lipinski definition) is 1. The molecule has 0 bridgehead atoms. The molecule has 7 heteroatoms. The first kappa shape index (κ1) is 19.1. The van der Waals surface area contributed by atoms with Gasteiger partial charge in [-0.05, 0) is 26.4 Å². The molecule has 0 aliphatic heterocycles. The van der Waals surface area contributed by atoms with Crippen LogP contribution in [-0.4, -0.2) is 47.3 Å². The van der Waals surface area contributed by atoms with Crippen LogP contribution >= 0.6 is 0 Å². The third kappa shape index (κ3) is 6.95. The fourth-order valence-electron chi connectivity index (χ4n) is 0.739. The quantitative estimate of drug-likeness (QED) is 0.764. The lowest BCUT2D eigenvalue weighted by Crippen LogP contribution is -2.58. The van der Waals surface area contributed by atoms with Crippen molar-refractivity contribution in [3.05, 3.63) is 0 Å². The summed E-state index contributed by atoms with van der Waals surface area (Å²) in [6, 6.07) is 0. The molecule has 1 unspecified atom stereocenters. The molecule has 2 N–H and O–H groups in total. The molecule has 0 saturated heterocycles. The lowest BCUT2D eigenvalue weighted by molar-refractivity contribution is 0.0530. The zero-order valence-corrected chi connectivity index (χ0v) is 12.9. The maximum absolute atomic E-state index is 9.92. The molecule has 0 spiro atoms. The topological polar surface area (TPSA) is 81.9 Å². The highest BCUT2D eigenvalue weighted by Crippen LogP contribution is 2.28. The second-order valence-corrected chi connectivity index (χ2v) is 6.52. The summed E-state index contributed by atoms with van der Waals surface area (Å²) >= 11 is 0. The Balaban J connectivity index is 0. The number of rotatable bonds is 3. The highest BCUT2D eigenvalue weighted by atomic mass is 32.3. The monoisotopic (exact) mass is 270 g/mol. The first-order valence-electron chi connectivity index (χ1n) is 5.14. The van der Waals surface area contributed by atoms with Crippen molar-refractivity contribution >= 4 is 10.4 Å². The molecule has 0 aliphatic rings. The van der Waals surface area contributed by atoms with Crippen LogP contribution in [0.5, 0.6) is 0 Å². The second-order valence-electron chi connectivity index (χ2n) is 5.03. The lowest BCUT2D eigenvalue weighted by Gasteiger charge is -2.43. The van der Waals surface area contributed by atoms with E-state index in [1.807, 2.05) is 25.9 Å². The molecule has 0 fully saturated rings. The molecular formula is C10H26N2O4S. The smallest absolute Gasteiger partial charge is 0.313 e. The van der Waals surface area contributed by atoms with Crippen LogP contribution in [0.25, 0.3) is 0 Å². The van der Waals surface area contributed by atoms with Crippen LogP contribution in [0.2, 0.25) is 0 Å². The summed E-state index contributed by atoms with van der Waals surface area (Å²) in [6.07, 6.45) is 0. The molecular weight excluding hydrogens is 244 g/mol. The van der Waals surface area contributed by atoms with Crippen LogP contribution in [0.3, 0.4) is 0 Å². The van der Waals surface area contributed by atoms with E-state index < -0.39 is 10.4 Å². The Morgan fingerprint density at radius 2 is 1.29 bits per heavy atom. The number of hydrogen-bond acceptors (Lipinski definition) is 6. The molecule has 106 valence electrons. The average molecular weight is 270 g/mol. The lowest BCUT2D eigenvalue weighted by atomic mass is 9.81. The van der Waals surface area contributed by atoms with E-state index in [1.54, 1.807) is 0 Å². The van der Waals surface area contributed by atoms with Crippen molar-refractivity contribution < 1.29 is 16.8 Å². The van der Waals surface area contributed by atoms with Crippen molar-refractivity contribution in [2.75, 3.05) is 28.3 Å².